The molecule has 0 spiro atoms. The minimum Gasteiger partial charge on any atom is -0.273 e. The Balaban J connectivity index is 1.90. The summed E-state index contributed by atoms with van der Waals surface area (Å²) >= 11 is 0. The molecule has 0 saturated heterocycles. The van der Waals surface area contributed by atoms with Crippen LogP contribution in [0.5, 0.6) is 0 Å². The maximum atomic E-state index is 13.6. The van der Waals surface area contributed by atoms with Crippen LogP contribution in [0.1, 0.15) is 30.8 Å². The SMILES string of the molecule is CC(C)Cc1nc2ccc(F)cc2c(=O)n1NC(=O)Cc1ccc(C(F)(F)F)cc1. The molecule has 30 heavy (non-hydrogen) atoms. The van der Waals surface area contributed by atoms with E-state index in [9.17, 15) is 27.2 Å². The average molecular weight is 421 g/mol. The Labute approximate surface area is 169 Å². The Morgan fingerprint density at radius 2 is 1.80 bits per heavy atom. The quantitative estimate of drug-likeness (QED) is 0.632. The monoisotopic (exact) mass is 421 g/mol. The van der Waals surface area contributed by atoms with Crippen LogP contribution in [-0.2, 0) is 23.8 Å². The first-order valence-electron chi connectivity index (χ1n) is 9.22. The Morgan fingerprint density at radius 1 is 1.13 bits per heavy atom. The number of carbonyl (C=O) groups is 1. The molecule has 0 fully saturated rings. The predicted molar refractivity (Wildman–Crippen MR) is 104 cm³/mol. The van der Waals surface area contributed by atoms with Crippen LogP contribution < -0.4 is 11.0 Å². The zero-order valence-electron chi connectivity index (χ0n) is 16.3. The zero-order valence-corrected chi connectivity index (χ0v) is 16.3. The number of alkyl halides is 3. The number of carbonyl (C=O) groups excluding carboxylic acids is 1. The number of hydrogen-bond acceptors (Lipinski definition) is 3. The Morgan fingerprint density at radius 3 is 2.40 bits per heavy atom. The molecule has 0 aliphatic carbocycles. The highest BCUT2D eigenvalue weighted by atomic mass is 19.4. The smallest absolute Gasteiger partial charge is 0.273 e. The van der Waals surface area contributed by atoms with E-state index in [0.717, 1.165) is 22.9 Å². The van der Waals surface area contributed by atoms with Crippen molar-refractivity contribution in [1.82, 2.24) is 9.66 Å². The second kappa shape index (κ2) is 8.25. The van der Waals surface area contributed by atoms with Gasteiger partial charge in [-0.15, -0.1) is 0 Å². The molecule has 0 atom stereocenters. The normalized spacial score (nSPS) is 11.8. The van der Waals surface area contributed by atoms with Crippen LogP contribution in [0.4, 0.5) is 17.6 Å². The van der Waals surface area contributed by atoms with E-state index < -0.39 is 29.0 Å². The molecule has 0 radical (unpaired) electrons. The molecule has 1 N–H and O–H groups in total. The third kappa shape index (κ3) is 4.84. The van der Waals surface area contributed by atoms with Gasteiger partial charge in [0.15, 0.2) is 0 Å². The highest BCUT2D eigenvalue weighted by Gasteiger charge is 2.30. The van der Waals surface area contributed by atoms with Gasteiger partial charge in [-0.2, -0.15) is 13.2 Å². The zero-order chi connectivity index (χ0) is 22.1. The van der Waals surface area contributed by atoms with Crippen molar-refractivity contribution in [3.8, 4) is 0 Å². The Hall–Kier alpha value is -3.23. The highest BCUT2D eigenvalue weighted by Crippen LogP contribution is 2.29. The molecule has 1 heterocycles. The lowest BCUT2D eigenvalue weighted by Gasteiger charge is -2.16. The largest absolute Gasteiger partial charge is 0.416 e. The number of aromatic nitrogens is 2. The molecule has 9 heteroatoms. The van der Waals surface area contributed by atoms with Gasteiger partial charge in [-0.3, -0.25) is 15.0 Å². The number of nitrogens with zero attached hydrogens (tertiary/aromatic N) is 2. The van der Waals surface area contributed by atoms with Crippen molar-refractivity contribution in [3.05, 3.63) is 75.6 Å². The third-order valence-electron chi connectivity index (χ3n) is 4.37. The number of rotatable bonds is 5. The fourth-order valence-electron chi connectivity index (χ4n) is 2.98. The van der Waals surface area contributed by atoms with Crippen molar-refractivity contribution in [1.29, 1.82) is 0 Å². The third-order valence-corrected chi connectivity index (χ3v) is 4.37. The van der Waals surface area contributed by atoms with Crippen molar-refractivity contribution >= 4 is 16.8 Å². The molecule has 5 nitrogen and oxygen atoms in total. The van der Waals surface area contributed by atoms with Crippen LogP contribution in [-0.4, -0.2) is 15.6 Å². The molecule has 0 saturated carbocycles. The van der Waals surface area contributed by atoms with Gasteiger partial charge in [-0.05, 0) is 41.8 Å². The van der Waals surface area contributed by atoms with Gasteiger partial charge >= 0.3 is 6.18 Å². The maximum Gasteiger partial charge on any atom is 0.416 e. The van der Waals surface area contributed by atoms with E-state index in [0.29, 0.717) is 23.3 Å². The molecule has 0 bridgehead atoms. The minimum atomic E-state index is -4.47. The molecular formula is C21H19F4N3O2. The number of nitrogens with one attached hydrogen (secondary N) is 1. The summed E-state index contributed by atoms with van der Waals surface area (Å²) in [5.41, 5.74) is 1.66. The average Bonchev–Trinajstić information content (AvgIpc) is 2.65. The molecule has 0 aliphatic rings. The minimum absolute atomic E-state index is 0.0114. The molecule has 3 aromatic rings. The van der Waals surface area contributed by atoms with E-state index >= 15 is 0 Å². The van der Waals surface area contributed by atoms with Gasteiger partial charge in [0.25, 0.3) is 5.56 Å². The molecule has 0 unspecified atom stereocenters. The summed E-state index contributed by atoms with van der Waals surface area (Å²) in [5, 5.41) is 0.0114. The van der Waals surface area contributed by atoms with Gasteiger partial charge in [0, 0.05) is 6.42 Å². The van der Waals surface area contributed by atoms with Crippen LogP contribution in [0.3, 0.4) is 0 Å². The second-order valence-electron chi connectivity index (χ2n) is 7.33. The molecule has 2 aromatic carbocycles. The maximum absolute atomic E-state index is 13.6. The molecule has 3 rings (SSSR count). The lowest BCUT2D eigenvalue weighted by molar-refractivity contribution is -0.137. The van der Waals surface area contributed by atoms with Crippen LogP contribution in [0.25, 0.3) is 10.9 Å². The van der Waals surface area contributed by atoms with Crippen LogP contribution in [0.15, 0.2) is 47.3 Å². The molecular weight excluding hydrogens is 402 g/mol. The summed E-state index contributed by atoms with van der Waals surface area (Å²) < 4.78 is 52.6. The van der Waals surface area contributed by atoms with E-state index in [1.54, 1.807) is 0 Å². The first-order valence-corrected chi connectivity index (χ1v) is 9.22. The van der Waals surface area contributed by atoms with Gasteiger partial charge in [0.1, 0.15) is 11.6 Å². The van der Waals surface area contributed by atoms with Crippen LogP contribution >= 0.6 is 0 Å². The summed E-state index contributed by atoms with van der Waals surface area (Å²) in [6.45, 7) is 3.82. The molecule has 1 aromatic heterocycles. The van der Waals surface area contributed by atoms with Crippen molar-refractivity contribution in [2.75, 3.05) is 5.43 Å². The summed E-state index contributed by atoms with van der Waals surface area (Å²) in [6, 6.07) is 7.81. The Bertz CT molecular complexity index is 1140. The van der Waals surface area contributed by atoms with Gasteiger partial charge < -0.3 is 0 Å². The number of benzene rings is 2. The predicted octanol–water partition coefficient (Wildman–Crippen LogP) is 4.07. The topological polar surface area (TPSA) is 64.0 Å². The van der Waals surface area contributed by atoms with Gasteiger partial charge in [-0.1, -0.05) is 26.0 Å². The van der Waals surface area contributed by atoms with Crippen molar-refractivity contribution in [2.24, 2.45) is 5.92 Å². The van der Waals surface area contributed by atoms with Crippen molar-refractivity contribution < 1.29 is 22.4 Å². The van der Waals surface area contributed by atoms with E-state index in [1.165, 1.54) is 24.3 Å². The van der Waals surface area contributed by atoms with Gasteiger partial charge in [0.2, 0.25) is 5.91 Å². The first-order chi connectivity index (χ1) is 14.0. The summed E-state index contributed by atoms with van der Waals surface area (Å²) in [5.74, 6) is -0.803. The van der Waals surface area contributed by atoms with E-state index in [2.05, 4.69) is 10.4 Å². The molecule has 0 aliphatic heterocycles. The summed E-state index contributed by atoms with van der Waals surface area (Å²) in [6.07, 6.45) is -4.33. The van der Waals surface area contributed by atoms with Crippen LogP contribution in [0, 0.1) is 11.7 Å². The lowest BCUT2D eigenvalue weighted by atomic mass is 10.1. The van der Waals surface area contributed by atoms with Crippen molar-refractivity contribution in [2.45, 2.75) is 32.9 Å². The second-order valence-corrected chi connectivity index (χ2v) is 7.33. The summed E-state index contributed by atoms with van der Waals surface area (Å²) in [7, 11) is 0. The lowest BCUT2D eigenvalue weighted by Crippen LogP contribution is -2.37. The molecule has 158 valence electrons. The van der Waals surface area contributed by atoms with Crippen molar-refractivity contribution in [3.63, 3.8) is 0 Å². The fourth-order valence-corrected chi connectivity index (χ4v) is 2.98. The van der Waals surface area contributed by atoms with Gasteiger partial charge in [0.05, 0.1) is 22.9 Å². The van der Waals surface area contributed by atoms with Gasteiger partial charge in [-0.25, -0.2) is 14.1 Å². The summed E-state index contributed by atoms with van der Waals surface area (Å²) in [4.78, 5) is 29.7. The molecule has 1 amide bonds. The first kappa shape index (κ1) is 21.5. The highest BCUT2D eigenvalue weighted by molar-refractivity contribution is 5.86. The van der Waals surface area contributed by atoms with Crippen LogP contribution in [0.2, 0.25) is 0 Å². The van der Waals surface area contributed by atoms with E-state index in [1.807, 2.05) is 13.8 Å². The number of fused-ring (bicyclic) bond motifs is 1. The number of hydrogen-bond donors (Lipinski definition) is 1. The van der Waals surface area contributed by atoms with E-state index in [-0.39, 0.29) is 17.7 Å². The van der Waals surface area contributed by atoms with E-state index in [4.69, 9.17) is 0 Å². The standard InChI is InChI=1S/C21H19F4N3O2/c1-12(2)9-18-26-17-8-7-15(22)11-16(17)20(30)28(18)27-19(29)10-13-3-5-14(6-4-13)21(23,24)25/h3-8,11-12H,9-10H2,1-2H3,(H,27,29). The number of amides is 1. The Kier molecular flexibility index (Phi) is 5.91. The number of halogens is 4. The fraction of sp³-hybridized carbons (Fsp3) is 0.286.